The highest BCUT2D eigenvalue weighted by molar-refractivity contribution is 5.81. The molecule has 1 fully saturated rings. The van der Waals surface area contributed by atoms with E-state index in [-0.39, 0.29) is 11.9 Å². The van der Waals surface area contributed by atoms with Crippen molar-refractivity contribution in [3.05, 3.63) is 24.3 Å². The van der Waals surface area contributed by atoms with Gasteiger partial charge in [-0.1, -0.05) is 0 Å². The average molecular weight is 206 g/mol. The van der Waals surface area contributed by atoms with Gasteiger partial charge in [-0.05, 0) is 13.0 Å². The molecular weight excluding hydrogens is 192 g/mol. The fraction of sp³-hybridized carbons (Fsp3) is 0.500. The summed E-state index contributed by atoms with van der Waals surface area (Å²) in [6.07, 6.45) is 3.44. The van der Waals surface area contributed by atoms with Crippen LogP contribution in [0, 0.1) is 0 Å². The van der Waals surface area contributed by atoms with Crippen LogP contribution in [0.5, 0.6) is 0 Å². The molecule has 1 saturated heterocycles. The van der Waals surface area contributed by atoms with Crippen LogP contribution >= 0.6 is 0 Å². The molecule has 1 aliphatic heterocycles. The van der Waals surface area contributed by atoms with Crippen LogP contribution in [0.2, 0.25) is 0 Å². The van der Waals surface area contributed by atoms with Gasteiger partial charge in [-0.25, -0.2) is 9.97 Å². The molecule has 5 heteroatoms. The summed E-state index contributed by atoms with van der Waals surface area (Å²) in [5.74, 6) is 0.844. The van der Waals surface area contributed by atoms with E-state index in [0.29, 0.717) is 13.1 Å². The number of carbonyl (C=O) groups is 1. The van der Waals surface area contributed by atoms with Crippen molar-refractivity contribution in [2.45, 2.75) is 19.5 Å². The van der Waals surface area contributed by atoms with E-state index in [0.717, 1.165) is 12.4 Å². The quantitative estimate of drug-likeness (QED) is 0.728. The van der Waals surface area contributed by atoms with E-state index in [2.05, 4.69) is 20.2 Å². The number of rotatable bonds is 2. The Labute approximate surface area is 88.5 Å². The molecule has 1 unspecified atom stereocenters. The zero-order valence-corrected chi connectivity index (χ0v) is 8.68. The molecule has 15 heavy (non-hydrogen) atoms. The molecule has 0 aromatic carbocycles. The Morgan fingerprint density at radius 2 is 2.27 bits per heavy atom. The first-order valence-electron chi connectivity index (χ1n) is 5.05. The number of nitrogens with zero attached hydrogens (tertiary/aromatic N) is 3. The molecule has 80 valence electrons. The molecule has 0 aliphatic carbocycles. The van der Waals surface area contributed by atoms with Gasteiger partial charge >= 0.3 is 0 Å². The number of hydrogen-bond donors (Lipinski definition) is 1. The second-order valence-corrected chi connectivity index (χ2v) is 3.60. The second-order valence-electron chi connectivity index (χ2n) is 3.60. The lowest BCUT2D eigenvalue weighted by molar-refractivity contribution is -0.128. The molecule has 1 amide bonds. The number of carbonyl (C=O) groups excluding carboxylic acids is 1. The Kier molecular flexibility index (Phi) is 2.91. The second kappa shape index (κ2) is 4.35. The Bertz CT molecular complexity index is 341. The minimum absolute atomic E-state index is 0.0807. The van der Waals surface area contributed by atoms with E-state index in [4.69, 9.17) is 0 Å². The Morgan fingerprint density at radius 3 is 3.00 bits per heavy atom. The van der Waals surface area contributed by atoms with Crippen LogP contribution in [0.25, 0.3) is 0 Å². The molecule has 0 spiro atoms. The summed E-state index contributed by atoms with van der Waals surface area (Å²) in [5.41, 5.74) is 0. The lowest BCUT2D eigenvalue weighted by Gasteiger charge is -2.31. The molecule has 0 saturated carbocycles. The predicted octanol–water partition coefficient (Wildman–Crippen LogP) is -0.203. The van der Waals surface area contributed by atoms with Gasteiger partial charge in [-0.15, -0.1) is 0 Å². The van der Waals surface area contributed by atoms with Crippen molar-refractivity contribution >= 4 is 5.91 Å². The van der Waals surface area contributed by atoms with E-state index < -0.39 is 0 Å². The molecular formula is C10H14N4O. The summed E-state index contributed by atoms with van der Waals surface area (Å²) in [5, 5.41) is 2.83. The normalized spacial score (nSPS) is 22.5. The Morgan fingerprint density at radius 1 is 1.53 bits per heavy atom. The maximum Gasteiger partial charge on any atom is 0.237 e. The van der Waals surface area contributed by atoms with Gasteiger partial charge in [0.2, 0.25) is 5.91 Å². The van der Waals surface area contributed by atoms with E-state index in [1.165, 1.54) is 0 Å². The molecule has 2 rings (SSSR count). The summed E-state index contributed by atoms with van der Waals surface area (Å²) < 4.78 is 0. The monoisotopic (exact) mass is 206 g/mol. The minimum Gasteiger partial charge on any atom is -0.353 e. The van der Waals surface area contributed by atoms with Gasteiger partial charge in [0, 0.05) is 25.5 Å². The van der Waals surface area contributed by atoms with E-state index >= 15 is 0 Å². The third-order valence-corrected chi connectivity index (χ3v) is 2.59. The van der Waals surface area contributed by atoms with Gasteiger partial charge in [0.1, 0.15) is 5.82 Å². The number of hydrogen-bond acceptors (Lipinski definition) is 4. The molecule has 1 aliphatic rings. The average Bonchev–Trinajstić information content (AvgIpc) is 2.26. The highest BCUT2D eigenvalue weighted by atomic mass is 16.2. The lowest BCUT2D eigenvalue weighted by atomic mass is 10.2. The third-order valence-electron chi connectivity index (χ3n) is 2.59. The molecule has 2 heterocycles. The molecule has 0 bridgehead atoms. The van der Waals surface area contributed by atoms with E-state index in [1.54, 1.807) is 18.5 Å². The first kappa shape index (κ1) is 10.0. The lowest BCUT2D eigenvalue weighted by Crippen LogP contribution is -2.53. The fourth-order valence-corrected chi connectivity index (χ4v) is 1.64. The Hall–Kier alpha value is -1.49. The van der Waals surface area contributed by atoms with Crippen molar-refractivity contribution in [1.29, 1.82) is 0 Å². The van der Waals surface area contributed by atoms with Crippen LogP contribution in [0.1, 0.15) is 12.7 Å². The molecule has 5 nitrogen and oxygen atoms in total. The van der Waals surface area contributed by atoms with Crippen LogP contribution < -0.4 is 5.32 Å². The van der Waals surface area contributed by atoms with Gasteiger partial charge in [-0.2, -0.15) is 0 Å². The van der Waals surface area contributed by atoms with Gasteiger partial charge < -0.3 is 5.32 Å². The van der Waals surface area contributed by atoms with Crippen molar-refractivity contribution in [3.8, 4) is 0 Å². The molecule has 1 atom stereocenters. The number of nitrogens with one attached hydrogen (secondary N) is 1. The summed E-state index contributed by atoms with van der Waals surface area (Å²) in [6.45, 7) is 4.09. The Balaban J connectivity index is 2.02. The maximum absolute atomic E-state index is 11.4. The fourth-order valence-electron chi connectivity index (χ4n) is 1.64. The van der Waals surface area contributed by atoms with E-state index in [1.807, 2.05) is 6.92 Å². The van der Waals surface area contributed by atoms with Crippen LogP contribution in [-0.4, -0.2) is 39.9 Å². The van der Waals surface area contributed by atoms with Gasteiger partial charge in [0.05, 0.1) is 12.6 Å². The van der Waals surface area contributed by atoms with Crippen LogP contribution in [0.4, 0.5) is 0 Å². The van der Waals surface area contributed by atoms with Crippen molar-refractivity contribution in [1.82, 2.24) is 20.2 Å². The first-order valence-corrected chi connectivity index (χ1v) is 5.05. The largest absolute Gasteiger partial charge is 0.353 e. The zero-order chi connectivity index (χ0) is 10.7. The standard InChI is InChI=1S/C10H14N4O/c1-8-10(15)13-5-6-14(8)7-9-11-3-2-4-12-9/h2-4,8H,5-7H2,1H3,(H,13,15). The molecule has 0 radical (unpaired) electrons. The molecule has 1 aromatic heterocycles. The van der Waals surface area contributed by atoms with Crippen LogP contribution in [0.15, 0.2) is 18.5 Å². The zero-order valence-electron chi connectivity index (χ0n) is 8.68. The molecule has 1 N–H and O–H groups in total. The van der Waals surface area contributed by atoms with Crippen molar-refractivity contribution in [2.24, 2.45) is 0 Å². The highest BCUT2D eigenvalue weighted by Crippen LogP contribution is 2.06. The van der Waals surface area contributed by atoms with Crippen LogP contribution in [0.3, 0.4) is 0 Å². The number of piperazine rings is 1. The smallest absolute Gasteiger partial charge is 0.237 e. The summed E-state index contributed by atoms with van der Waals surface area (Å²) in [4.78, 5) is 21.8. The highest BCUT2D eigenvalue weighted by Gasteiger charge is 2.25. The predicted molar refractivity (Wildman–Crippen MR) is 54.9 cm³/mol. The summed E-state index contributed by atoms with van der Waals surface area (Å²) in [6, 6.07) is 1.69. The SMILES string of the molecule is CC1C(=O)NCCN1Cc1ncccn1. The third kappa shape index (κ3) is 2.30. The molecule has 1 aromatic rings. The van der Waals surface area contributed by atoms with Crippen LogP contribution in [-0.2, 0) is 11.3 Å². The van der Waals surface area contributed by atoms with Gasteiger partial charge in [0.15, 0.2) is 0 Å². The number of amides is 1. The summed E-state index contributed by atoms with van der Waals surface area (Å²) in [7, 11) is 0. The minimum atomic E-state index is -0.0949. The first-order chi connectivity index (χ1) is 7.27. The van der Waals surface area contributed by atoms with Gasteiger partial charge in [0.25, 0.3) is 0 Å². The maximum atomic E-state index is 11.4. The van der Waals surface area contributed by atoms with Gasteiger partial charge in [-0.3, -0.25) is 9.69 Å². The number of aromatic nitrogens is 2. The van der Waals surface area contributed by atoms with Crippen molar-refractivity contribution < 1.29 is 4.79 Å². The summed E-state index contributed by atoms with van der Waals surface area (Å²) >= 11 is 0. The van der Waals surface area contributed by atoms with E-state index in [9.17, 15) is 4.79 Å². The van der Waals surface area contributed by atoms with Crippen molar-refractivity contribution in [2.75, 3.05) is 13.1 Å². The van der Waals surface area contributed by atoms with Crippen molar-refractivity contribution in [3.63, 3.8) is 0 Å². The topological polar surface area (TPSA) is 58.1 Å².